The van der Waals surface area contributed by atoms with E-state index in [2.05, 4.69) is 55.5 Å². The molecule has 2 heteroatoms. The van der Waals surface area contributed by atoms with E-state index >= 15 is 0 Å². The summed E-state index contributed by atoms with van der Waals surface area (Å²) in [6.45, 7) is 2.17. The minimum absolute atomic E-state index is 0.335. The minimum atomic E-state index is -0.880. The van der Waals surface area contributed by atoms with Gasteiger partial charge < -0.3 is 5.11 Å². The molecular weight excluding hydrogens is 308 g/mol. The molecule has 0 fully saturated rings. The SMILES string of the molecule is CCc1ccc(-c2ccc(CCc3ccc(C(=O)O)cc3)cc2)cc1. The quantitative estimate of drug-likeness (QED) is 0.657. The maximum atomic E-state index is 10.9. The van der Waals surface area contributed by atoms with E-state index in [4.69, 9.17) is 5.11 Å². The van der Waals surface area contributed by atoms with Crippen LogP contribution in [0.2, 0.25) is 0 Å². The van der Waals surface area contributed by atoms with Crippen molar-refractivity contribution in [2.75, 3.05) is 0 Å². The van der Waals surface area contributed by atoms with Crippen LogP contribution in [0.15, 0.2) is 72.8 Å². The highest BCUT2D eigenvalue weighted by molar-refractivity contribution is 5.87. The van der Waals surface area contributed by atoms with Gasteiger partial charge in [0.25, 0.3) is 0 Å². The molecule has 3 aromatic carbocycles. The fourth-order valence-electron chi connectivity index (χ4n) is 2.90. The van der Waals surface area contributed by atoms with E-state index in [0.29, 0.717) is 5.56 Å². The van der Waals surface area contributed by atoms with Gasteiger partial charge in [-0.25, -0.2) is 4.79 Å². The highest BCUT2D eigenvalue weighted by atomic mass is 16.4. The van der Waals surface area contributed by atoms with Crippen molar-refractivity contribution in [1.82, 2.24) is 0 Å². The summed E-state index contributed by atoms with van der Waals surface area (Å²) in [7, 11) is 0. The molecule has 2 nitrogen and oxygen atoms in total. The van der Waals surface area contributed by atoms with Gasteiger partial charge in [-0.05, 0) is 59.2 Å². The van der Waals surface area contributed by atoms with E-state index in [-0.39, 0.29) is 0 Å². The smallest absolute Gasteiger partial charge is 0.335 e. The molecule has 0 radical (unpaired) electrons. The van der Waals surface area contributed by atoms with E-state index in [1.807, 2.05) is 12.1 Å². The summed E-state index contributed by atoms with van der Waals surface area (Å²) < 4.78 is 0. The van der Waals surface area contributed by atoms with E-state index < -0.39 is 5.97 Å². The predicted octanol–water partition coefficient (Wildman–Crippen LogP) is 5.40. The number of aromatic carboxylic acids is 1. The van der Waals surface area contributed by atoms with Crippen LogP contribution < -0.4 is 0 Å². The van der Waals surface area contributed by atoms with Gasteiger partial charge in [0.1, 0.15) is 0 Å². The lowest BCUT2D eigenvalue weighted by molar-refractivity contribution is 0.0697. The Bertz CT molecular complexity index is 829. The molecule has 126 valence electrons. The third kappa shape index (κ3) is 4.36. The Morgan fingerprint density at radius 1 is 0.680 bits per heavy atom. The monoisotopic (exact) mass is 330 g/mol. The van der Waals surface area contributed by atoms with Gasteiger partial charge in [0.15, 0.2) is 0 Å². The van der Waals surface area contributed by atoms with Gasteiger partial charge in [0.2, 0.25) is 0 Å². The summed E-state index contributed by atoms with van der Waals surface area (Å²) in [5.41, 5.74) is 6.61. The molecule has 0 spiro atoms. The molecule has 1 N–H and O–H groups in total. The zero-order valence-corrected chi connectivity index (χ0v) is 14.4. The molecule has 0 amide bonds. The van der Waals surface area contributed by atoms with Crippen LogP contribution in [0, 0.1) is 0 Å². The van der Waals surface area contributed by atoms with Gasteiger partial charge in [0, 0.05) is 0 Å². The standard InChI is InChI=1S/C23H22O2/c1-2-17-5-11-20(12-6-17)21-13-7-18(8-14-21)3-4-19-9-15-22(16-10-19)23(24)25/h5-16H,2-4H2,1H3,(H,24,25). The Hall–Kier alpha value is -2.87. The zero-order valence-electron chi connectivity index (χ0n) is 14.4. The van der Waals surface area contributed by atoms with Crippen molar-refractivity contribution in [3.63, 3.8) is 0 Å². The lowest BCUT2D eigenvalue weighted by atomic mass is 9.99. The van der Waals surface area contributed by atoms with Gasteiger partial charge in [0.05, 0.1) is 5.56 Å². The first-order valence-corrected chi connectivity index (χ1v) is 8.66. The van der Waals surface area contributed by atoms with E-state index in [9.17, 15) is 4.79 Å². The van der Waals surface area contributed by atoms with Crippen molar-refractivity contribution < 1.29 is 9.90 Å². The Labute approximate surface area is 148 Å². The first kappa shape index (κ1) is 17.0. The van der Waals surface area contributed by atoms with Crippen molar-refractivity contribution in [3.8, 4) is 11.1 Å². The summed E-state index contributed by atoms with van der Waals surface area (Å²) in [5, 5.41) is 8.93. The summed E-state index contributed by atoms with van der Waals surface area (Å²) in [6, 6.07) is 24.5. The molecule has 0 saturated carbocycles. The second-order valence-corrected chi connectivity index (χ2v) is 6.25. The van der Waals surface area contributed by atoms with E-state index in [1.54, 1.807) is 12.1 Å². The molecule has 0 aliphatic carbocycles. The van der Waals surface area contributed by atoms with Gasteiger partial charge in [-0.15, -0.1) is 0 Å². The Balaban J connectivity index is 1.63. The van der Waals surface area contributed by atoms with Crippen molar-refractivity contribution in [2.24, 2.45) is 0 Å². The van der Waals surface area contributed by atoms with Crippen molar-refractivity contribution in [2.45, 2.75) is 26.2 Å². The highest BCUT2D eigenvalue weighted by Crippen LogP contribution is 2.21. The molecule has 3 rings (SSSR count). The molecule has 25 heavy (non-hydrogen) atoms. The maximum absolute atomic E-state index is 10.9. The molecule has 0 aliphatic rings. The Kier molecular flexibility index (Phi) is 5.30. The zero-order chi connectivity index (χ0) is 17.6. The van der Waals surface area contributed by atoms with Crippen molar-refractivity contribution in [1.29, 1.82) is 0 Å². The summed E-state index contributed by atoms with van der Waals surface area (Å²) in [5.74, 6) is -0.880. The molecule has 3 aromatic rings. The first-order chi connectivity index (χ1) is 12.2. The molecule has 0 bridgehead atoms. The average molecular weight is 330 g/mol. The predicted molar refractivity (Wildman–Crippen MR) is 102 cm³/mol. The molecule has 0 aromatic heterocycles. The van der Waals surface area contributed by atoms with Gasteiger partial charge in [-0.2, -0.15) is 0 Å². The molecule has 0 unspecified atom stereocenters. The van der Waals surface area contributed by atoms with Crippen LogP contribution in [0.4, 0.5) is 0 Å². The number of hydrogen-bond donors (Lipinski definition) is 1. The topological polar surface area (TPSA) is 37.3 Å². The second kappa shape index (κ2) is 7.80. The summed E-state index contributed by atoms with van der Waals surface area (Å²) in [4.78, 5) is 10.9. The molecule has 0 saturated heterocycles. The molecule has 0 heterocycles. The fourth-order valence-corrected chi connectivity index (χ4v) is 2.90. The lowest BCUT2D eigenvalue weighted by Gasteiger charge is -2.06. The van der Waals surface area contributed by atoms with E-state index in [0.717, 1.165) is 24.8 Å². The third-order valence-electron chi connectivity index (χ3n) is 4.55. The summed E-state index contributed by atoms with van der Waals surface area (Å²) in [6.07, 6.45) is 2.92. The fraction of sp³-hybridized carbons (Fsp3) is 0.174. The van der Waals surface area contributed by atoms with Gasteiger partial charge in [-0.1, -0.05) is 67.6 Å². The van der Waals surface area contributed by atoms with Crippen LogP contribution in [0.1, 0.15) is 34.0 Å². The number of hydrogen-bond acceptors (Lipinski definition) is 1. The molecule has 0 atom stereocenters. The normalized spacial score (nSPS) is 10.6. The Morgan fingerprint density at radius 3 is 1.48 bits per heavy atom. The summed E-state index contributed by atoms with van der Waals surface area (Å²) >= 11 is 0. The van der Waals surface area contributed by atoms with Gasteiger partial charge >= 0.3 is 5.97 Å². The lowest BCUT2D eigenvalue weighted by Crippen LogP contribution is -1.97. The first-order valence-electron chi connectivity index (χ1n) is 8.66. The van der Waals surface area contributed by atoms with Crippen LogP contribution in [-0.2, 0) is 19.3 Å². The molecule has 0 aliphatic heterocycles. The van der Waals surface area contributed by atoms with Crippen LogP contribution in [0.3, 0.4) is 0 Å². The van der Waals surface area contributed by atoms with Crippen molar-refractivity contribution in [3.05, 3.63) is 95.1 Å². The minimum Gasteiger partial charge on any atom is -0.478 e. The number of carboxylic acids is 1. The second-order valence-electron chi connectivity index (χ2n) is 6.25. The number of rotatable bonds is 6. The number of carbonyl (C=O) groups is 1. The third-order valence-corrected chi connectivity index (χ3v) is 4.55. The maximum Gasteiger partial charge on any atom is 0.335 e. The van der Waals surface area contributed by atoms with Crippen LogP contribution >= 0.6 is 0 Å². The number of aryl methyl sites for hydroxylation is 3. The van der Waals surface area contributed by atoms with Crippen LogP contribution in [-0.4, -0.2) is 11.1 Å². The van der Waals surface area contributed by atoms with Crippen LogP contribution in [0.25, 0.3) is 11.1 Å². The van der Waals surface area contributed by atoms with Crippen molar-refractivity contribution >= 4 is 5.97 Å². The largest absolute Gasteiger partial charge is 0.478 e. The van der Waals surface area contributed by atoms with Gasteiger partial charge in [-0.3, -0.25) is 0 Å². The highest BCUT2D eigenvalue weighted by Gasteiger charge is 2.03. The van der Waals surface area contributed by atoms with Crippen LogP contribution in [0.5, 0.6) is 0 Å². The number of benzene rings is 3. The average Bonchev–Trinajstić information content (AvgIpc) is 2.67. The number of carboxylic acid groups (broad SMARTS) is 1. The van der Waals surface area contributed by atoms with E-state index in [1.165, 1.54) is 22.3 Å². The molecular formula is C23H22O2. The Morgan fingerprint density at radius 2 is 1.08 bits per heavy atom.